The zero-order valence-corrected chi connectivity index (χ0v) is 14.3. The van der Waals surface area contributed by atoms with Crippen LogP contribution in [-0.2, 0) is 13.0 Å². The molecule has 0 bridgehead atoms. The molecule has 1 heterocycles. The van der Waals surface area contributed by atoms with Gasteiger partial charge in [0.15, 0.2) is 0 Å². The molecule has 2 nitrogen and oxygen atoms in total. The Balaban J connectivity index is 1.82. The molecule has 0 atom stereocenters. The van der Waals surface area contributed by atoms with Gasteiger partial charge in [-0.1, -0.05) is 40.2 Å². The molecule has 110 valence electrons. The SMILES string of the molecule is Cc1c(Br)cccc1NCc1cccc2c1OC(C)(C)C2. The first-order valence-corrected chi connectivity index (χ1v) is 8.04. The third-order valence-electron chi connectivity index (χ3n) is 3.91. The van der Waals surface area contributed by atoms with E-state index in [4.69, 9.17) is 4.74 Å². The van der Waals surface area contributed by atoms with Crippen LogP contribution in [0.15, 0.2) is 40.9 Å². The minimum absolute atomic E-state index is 0.0931. The average molecular weight is 346 g/mol. The lowest BCUT2D eigenvalue weighted by atomic mass is 10.0. The number of hydrogen-bond acceptors (Lipinski definition) is 2. The average Bonchev–Trinajstić information content (AvgIpc) is 2.75. The number of benzene rings is 2. The quantitative estimate of drug-likeness (QED) is 0.837. The highest BCUT2D eigenvalue weighted by Gasteiger charge is 2.31. The summed E-state index contributed by atoms with van der Waals surface area (Å²) in [5.41, 5.74) is 4.82. The number of ether oxygens (including phenoxy) is 1. The van der Waals surface area contributed by atoms with Crippen LogP contribution in [-0.4, -0.2) is 5.60 Å². The maximum absolute atomic E-state index is 6.12. The molecule has 0 unspecified atom stereocenters. The second-order valence-electron chi connectivity index (χ2n) is 6.21. The van der Waals surface area contributed by atoms with Crippen LogP contribution in [0.5, 0.6) is 5.75 Å². The van der Waals surface area contributed by atoms with E-state index in [1.165, 1.54) is 16.7 Å². The summed E-state index contributed by atoms with van der Waals surface area (Å²) in [4.78, 5) is 0. The van der Waals surface area contributed by atoms with E-state index in [0.29, 0.717) is 0 Å². The van der Waals surface area contributed by atoms with Crippen LogP contribution in [0.3, 0.4) is 0 Å². The van der Waals surface area contributed by atoms with Crippen molar-refractivity contribution in [1.29, 1.82) is 0 Å². The van der Waals surface area contributed by atoms with Gasteiger partial charge in [-0.15, -0.1) is 0 Å². The Morgan fingerprint density at radius 3 is 2.76 bits per heavy atom. The highest BCUT2D eigenvalue weighted by atomic mass is 79.9. The fraction of sp³-hybridized carbons (Fsp3) is 0.333. The van der Waals surface area contributed by atoms with Gasteiger partial charge in [-0.2, -0.15) is 0 Å². The Bertz CT molecular complexity index is 679. The summed E-state index contributed by atoms with van der Waals surface area (Å²) in [6.07, 6.45) is 0.978. The molecule has 0 saturated heterocycles. The molecule has 2 aromatic carbocycles. The minimum Gasteiger partial charge on any atom is -0.487 e. The fourth-order valence-electron chi connectivity index (χ4n) is 2.81. The highest BCUT2D eigenvalue weighted by molar-refractivity contribution is 9.10. The van der Waals surface area contributed by atoms with Gasteiger partial charge in [0.1, 0.15) is 11.4 Å². The second-order valence-corrected chi connectivity index (χ2v) is 7.06. The summed E-state index contributed by atoms with van der Waals surface area (Å²) >= 11 is 3.57. The van der Waals surface area contributed by atoms with Crippen molar-refractivity contribution in [3.05, 3.63) is 57.6 Å². The van der Waals surface area contributed by atoms with Crippen molar-refractivity contribution < 1.29 is 4.74 Å². The molecular formula is C18H20BrNO. The topological polar surface area (TPSA) is 21.3 Å². The van der Waals surface area contributed by atoms with E-state index >= 15 is 0 Å². The number of halogens is 1. The maximum Gasteiger partial charge on any atom is 0.128 e. The van der Waals surface area contributed by atoms with Gasteiger partial charge < -0.3 is 10.1 Å². The van der Waals surface area contributed by atoms with Crippen molar-refractivity contribution >= 4 is 21.6 Å². The molecule has 21 heavy (non-hydrogen) atoms. The first-order chi connectivity index (χ1) is 9.96. The fourth-order valence-corrected chi connectivity index (χ4v) is 3.17. The monoisotopic (exact) mass is 345 g/mol. The van der Waals surface area contributed by atoms with Gasteiger partial charge in [-0.3, -0.25) is 0 Å². The molecule has 2 aromatic rings. The van der Waals surface area contributed by atoms with E-state index in [2.05, 4.69) is 78.4 Å². The summed E-state index contributed by atoms with van der Waals surface area (Å²) in [5.74, 6) is 1.06. The molecule has 3 heteroatoms. The van der Waals surface area contributed by atoms with E-state index in [1.54, 1.807) is 0 Å². The molecule has 1 aliphatic heterocycles. The number of rotatable bonds is 3. The molecule has 0 saturated carbocycles. The van der Waals surface area contributed by atoms with Gasteiger partial charge in [0, 0.05) is 28.7 Å². The number of fused-ring (bicyclic) bond motifs is 1. The molecule has 1 N–H and O–H groups in total. The Hall–Kier alpha value is -1.48. The Morgan fingerprint density at radius 1 is 1.19 bits per heavy atom. The first kappa shape index (κ1) is 14.5. The predicted octanol–water partition coefficient (Wildman–Crippen LogP) is 5.08. The smallest absolute Gasteiger partial charge is 0.128 e. The number of hydrogen-bond donors (Lipinski definition) is 1. The Kier molecular flexibility index (Phi) is 3.70. The molecule has 0 amide bonds. The van der Waals surface area contributed by atoms with Crippen molar-refractivity contribution in [2.45, 2.75) is 39.3 Å². The third kappa shape index (κ3) is 2.93. The van der Waals surface area contributed by atoms with E-state index in [9.17, 15) is 0 Å². The third-order valence-corrected chi connectivity index (χ3v) is 4.77. The van der Waals surface area contributed by atoms with Crippen LogP contribution in [0.4, 0.5) is 5.69 Å². The summed E-state index contributed by atoms with van der Waals surface area (Å²) in [5, 5.41) is 3.52. The number of anilines is 1. The summed E-state index contributed by atoms with van der Waals surface area (Å²) in [6.45, 7) is 7.17. The molecule has 0 aliphatic carbocycles. The van der Waals surface area contributed by atoms with Gasteiger partial charge in [0.2, 0.25) is 0 Å². The summed E-state index contributed by atoms with van der Waals surface area (Å²) in [6, 6.07) is 12.6. The lowest BCUT2D eigenvalue weighted by Crippen LogP contribution is -2.25. The minimum atomic E-state index is -0.0931. The van der Waals surface area contributed by atoms with E-state index in [1.807, 2.05) is 0 Å². The van der Waals surface area contributed by atoms with Crippen LogP contribution >= 0.6 is 15.9 Å². The Labute approximate surface area is 134 Å². The maximum atomic E-state index is 6.12. The van der Waals surface area contributed by atoms with Crippen LogP contribution in [0.25, 0.3) is 0 Å². The predicted molar refractivity (Wildman–Crippen MR) is 91.1 cm³/mol. The molecule has 0 aromatic heterocycles. The lowest BCUT2D eigenvalue weighted by molar-refractivity contribution is 0.137. The van der Waals surface area contributed by atoms with Crippen molar-refractivity contribution in [2.75, 3.05) is 5.32 Å². The van der Waals surface area contributed by atoms with E-state index < -0.39 is 0 Å². The zero-order chi connectivity index (χ0) is 15.0. The zero-order valence-electron chi connectivity index (χ0n) is 12.7. The van der Waals surface area contributed by atoms with Crippen molar-refractivity contribution in [3.8, 4) is 5.75 Å². The molecule has 0 radical (unpaired) electrons. The molecule has 3 rings (SSSR count). The van der Waals surface area contributed by atoms with Crippen molar-refractivity contribution in [2.24, 2.45) is 0 Å². The van der Waals surface area contributed by atoms with Gasteiger partial charge in [-0.25, -0.2) is 0 Å². The van der Waals surface area contributed by atoms with Gasteiger partial charge in [0.05, 0.1) is 0 Å². The first-order valence-electron chi connectivity index (χ1n) is 7.25. The van der Waals surface area contributed by atoms with Gasteiger partial charge in [-0.05, 0) is 44.0 Å². The van der Waals surface area contributed by atoms with Crippen LogP contribution in [0.1, 0.15) is 30.5 Å². The van der Waals surface area contributed by atoms with E-state index in [0.717, 1.165) is 28.9 Å². The van der Waals surface area contributed by atoms with Crippen molar-refractivity contribution in [1.82, 2.24) is 0 Å². The Morgan fingerprint density at radius 2 is 1.95 bits per heavy atom. The largest absolute Gasteiger partial charge is 0.487 e. The molecular weight excluding hydrogens is 326 g/mol. The standard InChI is InChI=1S/C18H20BrNO/c1-12-15(19)8-5-9-16(12)20-11-14-7-4-6-13-10-18(2,3)21-17(13)14/h4-9,20H,10-11H2,1-3H3. The van der Waals surface area contributed by atoms with Gasteiger partial charge in [0.25, 0.3) is 0 Å². The van der Waals surface area contributed by atoms with E-state index in [-0.39, 0.29) is 5.60 Å². The van der Waals surface area contributed by atoms with Crippen molar-refractivity contribution in [3.63, 3.8) is 0 Å². The normalized spacial score (nSPS) is 15.4. The second kappa shape index (κ2) is 5.38. The van der Waals surface area contributed by atoms with Crippen LogP contribution < -0.4 is 10.1 Å². The molecule has 0 fully saturated rings. The summed E-state index contributed by atoms with van der Waals surface area (Å²) < 4.78 is 7.25. The summed E-state index contributed by atoms with van der Waals surface area (Å²) in [7, 11) is 0. The van der Waals surface area contributed by atoms with Crippen LogP contribution in [0.2, 0.25) is 0 Å². The molecule has 1 aliphatic rings. The number of para-hydroxylation sites is 1. The van der Waals surface area contributed by atoms with Gasteiger partial charge >= 0.3 is 0 Å². The molecule has 0 spiro atoms. The van der Waals surface area contributed by atoms with Crippen LogP contribution in [0, 0.1) is 6.92 Å². The highest BCUT2D eigenvalue weighted by Crippen LogP contribution is 2.38. The lowest BCUT2D eigenvalue weighted by Gasteiger charge is -2.18. The number of nitrogens with one attached hydrogen (secondary N) is 1.